The zero-order valence-corrected chi connectivity index (χ0v) is 12.4. The van der Waals surface area contributed by atoms with Crippen molar-refractivity contribution in [3.05, 3.63) is 65.9 Å². The maximum absolute atomic E-state index is 5.95. The second-order valence-electron chi connectivity index (χ2n) is 4.82. The van der Waals surface area contributed by atoms with Gasteiger partial charge in [0.05, 0.1) is 11.1 Å². The molecule has 0 radical (unpaired) electrons. The van der Waals surface area contributed by atoms with E-state index in [0.29, 0.717) is 16.5 Å². The fraction of sp³-hybridized carbons (Fsp3) is 0.0588. The smallest absolute Gasteiger partial charge is 0.137 e. The molecule has 0 spiro atoms. The molecule has 3 aromatic rings. The van der Waals surface area contributed by atoms with Crippen molar-refractivity contribution in [2.45, 2.75) is 6.92 Å². The summed E-state index contributed by atoms with van der Waals surface area (Å²) in [7, 11) is 0. The summed E-state index contributed by atoms with van der Waals surface area (Å²) in [6.45, 7) is 2.00. The number of hydrogen-bond acceptors (Lipinski definition) is 3. The Hall–Kier alpha value is -2.46. The number of pyridine rings is 1. The maximum Gasteiger partial charge on any atom is 0.137 e. The molecule has 4 heteroatoms. The van der Waals surface area contributed by atoms with E-state index in [1.54, 1.807) is 6.20 Å². The highest BCUT2D eigenvalue weighted by atomic mass is 32.1. The predicted molar refractivity (Wildman–Crippen MR) is 88.9 cm³/mol. The van der Waals surface area contributed by atoms with E-state index in [-0.39, 0.29) is 0 Å². The Morgan fingerprint density at radius 2 is 2.00 bits per heavy atom. The molecular formula is C17H14N2OS. The van der Waals surface area contributed by atoms with E-state index < -0.39 is 0 Å². The van der Waals surface area contributed by atoms with Gasteiger partial charge in [-0.3, -0.25) is 4.98 Å². The van der Waals surface area contributed by atoms with Crippen LogP contribution in [-0.4, -0.2) is 9.97 Å². The van der Waals surface area contributed by atoms with Crippen molar-refractivity contribution in [1.29, 1.82) is 0 Å². The maximum atomic E-state index is 5.95. The fourth-order valence-electron chi connectivity index (χ4n) is 2.15. The van der Waals surface area contributed by atoms with Gasteiger partial charge in [0.15, 0.2) is 0 Å². The van der Waals surface area contributed by atoms with Gasteiger partial charge in [0.1, 0.15) is 16.5 Å². The van der Waals surface area contributed by atoms with Crippen LogP contribution in [0.4, 0.5) is 0 Å². The minimum absolute atomic E-state index is 0.323. The number of nitrogens with two attached hydrogens (primary N) is 1. The number of ether oxygens (including phenoxy) is 1. The summed E-state index contributed by atoms with van der Waals surface area (Å²) >= 11 is 5.07. The summed E-state index contributed by atoms with van der Waals surface area (Å²) < 4.78 is 5.95. The molecule has 0 unspecified atom stereocenters. The molecule has 1 heterocycles. The SMILES string of the molecule is Cc1ccc(C(N)=S)c(Oc2ccc3cccnc3c2)c1. The molecule has 104 valence electrons. The molecule has 0 atom stereocenters. The highest BCUT2D eigenvalue weighted by Gasteiger charge is 2.08. The molecular weight excluding hydrogens is 280 g/mol. The second-order valence-corrected chi connectivity index (χ2v) is 5.26. The molecule has 3 rings (SSSR count). The largest absolute Gasteiger partial charge is 0.457 e. The molecule has 0 fully saturated rings. The number of hydrogen-bond donors (Lipinski definition) is 1. The molecule has 2 aromatic carbocycles. The first-order chi connectivity index (χ1) is 10.1. The van der Waals surface area contributed by atoms with Crippen molar-refractivity contribution in [3.63, 3.8) is 0 Å². The molecule has 21 heavy (non-hydrogen) atoms. The molecule has 0 aliphatic rings. The van der Waals surface area contributed by atoms with Crippen LogP contribution in [0.5, 0.6) is 11.5 Å². The van der Waals surface area contributed by atoms with E-state index in [1.807, 2.05) is 55.5 Å². The fourth-order valence-corrected chi connectivity index (χ4v) is 2.32. The lowest BCUT2D eigenvalue weighted by molar-refractivity contribution is 0.482. The first kappa shape index (κ1) is 13.5. The van der Waals surface area contributed by atoms with Crippen molar-refractivity contribution in [2.75, 3.05) is 0 Å². The standard InChI is InChI=1S/C17H14N2OS/c1-11-4-7-14(17(18)21)16(9-11)20-13-6-5-12-3-2-8-19-15(12)10-13/h2-10H,1H3,(H2,18,21). The van der Waals surface area contributed by atoms with Crippen molar-refractivity contribution < 1.29 is 4.74 Å². The van der Waals surface area contributed by atoms with Crippen molar-refractivity contribution in [2.24, 2.45) is 5.73 Å². The number of rotatable bonds is 3. The van der Waals surface area contributed by atoms with Crippen molar-refractivity contribution >= 4 is 28.1 Å². The number of thiocarbonyl (C=S) groups is 1. The van der Waals surface area contributed by atoms with Gasteiger partial charge in [-0.2, -0.15) is 0 Å². The van der Waals surface area contributed by atoms with Gasteiger partial charge in [0.25, 0.3) is 0 Å². The average molecular weight is 294 g/mol. The Bertz CT molecular complexity index is 830. The minimum atomic E-state index is 0.323. The summed E-state index contributed by atoms with van der Waals surface area (Å²) in [4.78, 5) is 4.65. The number of aromatic nitrogens is 1. The van der Waals surface area contributed by atoms with Crippen LogP contribution in [0.25, 0.3) is 10.9 Å². The lowest BCUT2D eigenvalue weighted by Gasteiger charge is -2.11. The number of fused-ring (bicyclic) bond motifs is 1. The molecule has 1 aromatic heterocycles. The van der Waals surface area contributed by atoms with Gasteiger partial charge in [-0.15, -0.1) is 0 Å². The highest BCUT2D eigenvalue weighted by molar-refractivity contribution is 7.80. The summed E-state index contributed by atoms with van der Waals surface area (Å²) in [5, 5.41) is 1.07. The van der Waals surface area contributed by atoms with Gasteiger partial charge >= 0.3 is 0 Å². The molecule has 0 bridgehead atoms. The summed E-state index contributed by atoms with van der Waals surface area (Å²) in [5.41, 5.74) is 8.46. The van der Waals surface area contributed by atoms with Gasteiger partial charge in [-0.25, -0.2) is 0 Å². The third-order valence-electron chi connectivity index (χ3n) is 3.21. The number of benzene rings is 2. The summed E-state index contributed by atoms with van der Waals surface area (Å²) in [6, 6.07) is 15.5. The Morgan fingerprint density at radius 1 is 1.14 bits per heavy atom. The number of aryl methyl sites for hydroxylation is 1. The van der Waals surface area contributed by atoms with Crippen LogP contribution < -0.4 is 10.5 Å². The zero-order chi connectivity index (χ0) is 14.8. The molecule has 0 aliphatic carbocycles. The average Bonchev–Trinajstić information content (AvgIpc) is 2.47. The third kappa shape index (κ3) is 2.85. The number of nitrogens with zero attached hydrogens (tertiary/aromatic N) is 1. The Kier molecular flexibility index (Phi) is 3.54. The van der Waals surface area contributed by atoms with E-state index in [2.05, 4.69) is 4.98 Å². The zero-order valence-electron chi connectivity index (χ0n) is 11.5. The third-order valence-corrected chi connectivity index (χ3v) is 3.43. The predicted octanol–water partition coefficient (Wildman–Crippen LogP) is 3.97. The molecule has 0 amide bonds. The van der Waals surface area contributed by atoms with Gasteiger partial charge < -0.3 is 10.5 Å². The first-order valence-electron chi connectivity index (χ1n) is 6.56. The molecule has 0 saturated carbocycles. The normalized spacial score (nSPS) is 10.5. The van der Waals surface area contributed by atoms with Crippen LogP contribution in [0, 0.1) is 6.92 Å². The first-order valence-corrected chi connectivity index (χ1v) is 6.97. The van der Waals surface area contributed by atoms with Crippen molar-refractivity contribution in [3.8, 4) is 11.5 Å². The monoisotopic (exact) mass is 294 g/mol. The lowest BCUT2D eigenvalue weighted by atomic mass is 10.1. The lowest BCUT2D eigenvalue weighted by Crippen LogP contribution is -2.10. The van der Waals surface area contributed by atoms with Crippen LogP contribution in [-0.2, 0) is 0 Å². The molecule has 3 nitrogen and oxygen atoms in total. The van der Waals surface area contributed by atoms with Crippen LogP contribution in [0.15, 0.2) is 54.7 Å². The van der Waals surface area contributed by atoms with Crippen LogP contribution in [0.2, 0.25) is 0 Å². The van der Waals surface area contributed by atoms with Gasteiger partial charge in [-0.05, 0) is 42.8 Å². The van der Waals surface area contributed by atoms with Crippen LogP contribution >= 0.6 is 12.2 Å². The topological polar surface area (TPSA) is 48.1 Å². The van der Waals surface area contributed by atoms with E-state index in [1.165, 1.54) is 0 Å². The van der Waals surface area contributed by atoms with Gasteiger partial charge in [0.2, 0.25) is 0 Å². The van der Waals surface area contributed by atoms with E-state index >= 15 is 0 Å². The molecule has 2 N–H and O–H groups in total. The van der Waals surface area contributed by atoms with Gasteiger partial charge in [0, 0.05) is 17.6 Å². The van der Waals surface area contributed by atoms with Crippen LogP contribution in [0.1, 0.15) is 11.1 Å². The Balaban J connectivity index is 2.02. The second kappa shape index (κ2) is 5.50. The van der Waals surface area contributed by atoms with E-state index in [9.17, 15) is 0 Å². The highest BCUT2D eigenvalue weighted by Crippen LogP contribution is 2.28. The van der Waals surface area contributed by atoms with Crippen LogP contribution in [0.3, 0.4) is 0 Å². The van der Waals surface area contributed by atoms with Crippen molar-refractivity contribution in [1.82, 2.24) is 4.98 Å². The Labute approximate surface area is 128 Å². The molecule has 0 aliphatic heterocycles. The quantitative estimate of drug-likeness (QED) is 0.743. The summed E-state index contributed by atoms with van der Waals surface area (Å²) in [5.74, 6) is 1.38. The Morgan fingerprint density at radius 3 is 2.81 bits per heavy atom. The molecule has 0 saturated heterocycles. The van der Waals surface area contributed by atoms with E-state index in [4.69, 9.17) is 22.7 Å². The minimum Gasteiger partial charge on any atom is -0.457 e. The summed E-state index contributed by atoms with van der Waals surface area (Å²) in [6.07, 6.45) is 1.76. The van der Waals surface area contributed by atoms with E-state index in [0.717, 1.165) is 22.0 Å². The van der Waals surface area contributed by atoms with Gasteiger partial charge in [-0.1, -0.05) is 24.4 Å².